The maximum atomic E-state index is 4.63. The van der Waals surface area contributed by atoms with Gasteiger partial charge in [-0.15, -0.1) is 20.4 Å². The fourth-order valence-corrected chi connectivity index (χ4v) is 15.0. The van der Waals surface area contributed by atoms with Crippen LogP contribution in [0.1, 0.15) is 148 Å². The van der Waals surface area contributed by atoms with E-state index < -0.39 is 0 Å². The molecule has 6 aromatic carbocycles. The highest BCUT2D eigenvalue weighted by molar-refractivity contribution is 7.98. The molecule has 30 nitrogen and oxygen atoms in total. The van der Waals surface area contributed by atoms with Gasteiger partial charge < -0.3 is 31.9 Å². The lowest BCUT2D eigenvalue weighted by molar-refractivity contribution is 0.756. The van der Waals surface area contributed by atoms with E-state index in [1.807, 2.05) is 119 Å². The summed E-state index contributed by atoms with van der Waals surface area (Å²) in [5, 5.41) is 48.5. The quantitative estimate of drug-likeness (QED) is 0.0435. The molecule has 3 fully saturated rings. The van der Waals surface area contributed by atoms with Crippen LogP contribution in [0.2, 0.25) is 0 Å². The van der Waals surface area contributed by atoms with E-state index in [2.05, 4.69) is 272 Å². The zero-order valence-corrected chi connectivity index (χ0v) is 73.3. The molecule has 125 heavy (non-hydrogen) atoms. The summed E-state index contributed by atoms with van der Waals surface area (Å²) in [5.74, 6) is 13.1. The van der Waals surface area contributed by atoms with Crippen molar-refractivity contribution in [2.24, 2.45) is 5.92 Å². The minimum absolute atomic E-state index is 0. The third kappa shape index (κ3) is 21.3. The van der Waals surface area contributed by atoms with Crippen molar-refractivity contribution in [1.29, 1.82) is 0 Å². The van der Waals surface area contributed by atoms with Crippen LogP contribution in [0.15, 0.2) is 199 Å². The van der Waals surface area contributed by atoms with Gasteiger partial charge in [-0.05, 0) is 229 Å². The molecule has 22 rings (SSSR count). The summed E-state index contributed by atoms with van der Waals surface area (Å²) in [5.41, 5.74) is 21.3. The molecule has 0 saturated heterocycles. The van der Waals surface area contributed by atoms with E-state index in [0.717, 1.165) is 151 Å². The minimum atomic E-state index is 0. The number of nitrogens with zero attached hydrogens (tertiary/aromatic N) is 24. The van der Waals surface area contributed by atoms with Gasteiger partial charge in [0.05, 0.1) is 0 Å². The molecule has 32 heteroatoms. The van der Waals surface area contributed by atoms with Gasteiger partial charge in [0.2, 0.25) is 10.3 Å². The lowest BCUT2D eigenvalue weighted by atomic mass is 10.1. The molecule has 12 heterocycles. The molecule has 1 atom stereocenters. The topological polar surface area (TPSA) is 331 Å². The van der Waals surface area contributed by atoms with Crippen LogP contribution in [0.3, 0.4) is 0 Å². The maximum Gasteiger partial charge on any atom is 0.255 e. The standard InChI is InChI=1S/C17H19N5.2C16H17N5.C15H15N5.2C14H15N5S.CH4/c1-11-3-7-14(8-4-11)19-16-9-12(2)18-17-20-15(21-22(16)17)10-13-5-6-13;1-10-3-7-13(8-4-10)18-14-9-11(2)17-16-19-15(12-5-6-12)20-21(14)16;1-10-3-4-12-7-14(8-13(12)5-10)20-15-6-11(2)19-16-17-9-18-21(15)16;1-10-8-14(20-15(18-10)16-9-17-20)19-13-6-4-12(5-7-13)11-2-3-11;2*1-9-4-6-11(7-5-9)16-12-8-10(2)15-13-17-14(20-3)18-19(12)13;/h3-4,7-9,13,19H,5-6,10H2,1-2H3;3-4,7-9,12,18H,5-6H2,1-2H3;3-6,9,14,20H,7-8H2,1-2H3;4-9,11,19H,2-3H2,1H3;2*4-8,16H,1-3H3;1H4. The monoisotopic (exact) mass is 1700 g/mol. The van der Waals surface area contributed by atoms with Crippen LogP contribution in [0.5, 0.6) is 0 Å². The maximum absolute atomic E-state index is 4.63. The van der Waals surface area contributed by atoms with E-state index in [1.165, 1.54) is 113 Å². The van der Waals surface area contributed by atoms with Gasteiger partial charge in [-0.2, -0.15) is 67.2 Å². The largest absolute Gasteiger partial charge is 0.366 e. The highest BCUT2D eigenvalue weighted by Crippen LogP contribution is 2.41. The van der Waals surface area contributed by atoms with Crippen molar-refractivity contribution in [3.05, 3.63) is 279 Å². The van der Waals surface area contributed by atoms with Crippen molar-refractivity contribution in [2.45, 2.75) is 170 Å². The molecule has 0 aliphatic heterocycles. The van der Waals surface area contributed by atoms with Crippen LogP contribution >= 0.6 is 23.5 Å². The van der Waals surface area contributed by atoms with Gasteiger partial charge in [-0.3, -0.25) is 0 Å². The normalized spacial score (nSPS) is 13.7. The molecule has 0 spiro atoms. The molecular weight excluding hydrogens is 1600 g/mol. The van der Waals surface area contributed by atoms with Crippen LogP contribution in [0.25, 0.3) is 34.7 Å². The smallest absolute Gasteiger partial charge is 0.255 e. The summed E-state index contributed by atoms with van der Waals surface area (Å²) in [4.78, 5) is 52.6. The third-order valence-electron chi connectivity index (χ3n) is 21.2. The van der Waals surface area contributed by atoms with Crippen molar-refractivity contribution in [1.82, 2.24) is 117 Å². The summed E-state index contributed by atoms with van der Waals surface area (Å²) >= 11 is 3.01. The van der Waals surface area contributed by atoms with Gasteiger partial charge in [0.15, 0.2) is 11.6 Å². The fraction of sp³-hybridized carbons (Fsp3) is 0.290. The van der Waals surface area contributed by atoms with Crippen LogP contribution in [0, 0.1) is 82.1 Å². The summed E-state index contributed by atoms with van der Waals surface area (Å²) in [6.45, 7) is 22.2. The first kappa shape index (κ1) is 84.7. The second kappa shape index (κ2) is 37.4. The van der Waals surface area contributed by atoms with Crippen molar-refractivity contribution in [3.63, 3.8) is 0 Å². The highest BCUT2D eigenvalue weighted by atomic mass is 32.2. The predicted octanol–water partition coefficient (Wildman–Crippen LogP) is 19.2. The predicted molar refractivity (Wildman–Crippen MR) is 497 cm³/mol. The SMILES string of the molecule is C.CSc1nc2nc(C)cc(Nc3ccc(C)cc3)n2n1.CSc1nc2nc(C)cc(Nc3ccc(C)cc3)n2n1.Cc1cc(Nc2ccc(C3CC3)cc2)n2ncnc2n1.Cc1ccc(Nc2cc(C)nc3nc(C4CC4)nn23)cc1.Cc1ccc(Nc2cc(C)nc3nc(CC4CC4)nn23)cc1.Cc1ccc2c(c1)CC(Nc1cc(C)nc3ncnn13)C2. The van der Waals surface area contributed by atoms with Crippen molar-refractivity contribution >= 4 is 122 Å². The number of aryl methyl sites for hydroxylation is 11. The molecule has 1 unspecified atom stereocenters. The molecule has 636 valence electrons. The van der Waals surface area contributed by atoms with Gasteiger partial charge >= 0.3 is 0 Å². The van der Waals surface area contributed by atoms with Crippen molar-refractivity contribution in [2.75, 3.05) is 44.4 Å². The summed E-state index contributed by atoms with van der Waals surface area (Å²) in [6, 6.07) is 60.8. The van der Waals surface area contributed by atoms with Crippen LogP contribution in [-0.4, -0.2) is 136 Å². The number of anilines is 11. The van der Waals surface area contributed by atoms with Gasteiger partial charge in [0.1, 0.15) is 47.6 Å². The van der Waals surface area contributed by atoms with Crippen LogP contribution in [-0.2, 0) is 19.3 Å². The minimum Gasteiger partial charge on any atom is -0.366 e. The molecule has 3 saturated carbocycles. The number of fused-ring (bicyclic) bond motifs is 7. The Hall–Kier alpha value is -13.9. The van der Waals surface area contributed by atoms with Crippen LogP contribution in [0.4, 0.5) is 63.3 Å². The number of hydrogen-bond acceptors (Lipinski definition) is 26. The molecule has 0 radical (unpaired) electrons. The lowest BCUT2D eigenvalue weighted by Gasteiger charge is -2.14. The Morgan fingerprint density at radius 1 is 0.320 bits per heavy atom. The van der Waals surface area contributed by atoms with E-state index >= 15 is 0 Å². The number of aromatic nitrogens is 24. The molecule has 0 bridgehead atoms. The Kier molecular flexibility index (Phi) is 25.4. The van der Waals surface area contributed by atoms with E-state index in [1.54, 1.807) is 28.9 Å². The Morgan fingerprint density at radius 2 is 0.664 bits per heavy atom. The third-order valence-corrected chi connectivity index (χ3v) is 22.3. The molecule has 0 amide bonds. The molecular formula is C93H102N30S2. The zero-order valence-electron chi connectivity index (χ0n) is 71.6. The van der Waals surface area contributed by atoms with Crippen molar-refractivity contribution < 1.29 is 0 Å². The number of thioether (sulfide) groups is 2. The van der Waals surface area contributed by atoms with Gasteiger partial charge in [0.25, 0.3) is 34.7 Å². The highest BCUT2D eigenvalue weighted by Gasteiger charge is 2.30. The van der Waals surface area contributed by atoms with E-state index in [-0.39, 0.29) is 7.43 Å². The first-order chi connectivity index (χ1) is 60.1. The molecule has 18 aromatic rings. The van der Waals surface area contributed by atoms with Crippen LogP contribution < -0.4 is 31.9 Å². The number of benzene rings is 6. The number of rotatable bonds is 18. The first-order valence-electron chi connectivity index (χ1n) is 41.6. The number of nitrogens with one attached hydrogen (secondary N) is 6. The average molecular weight is 1700 g/mol. The zero-order chi connectivity index (χ0) is 85.6. The van der Waals surface area contributed by atoms with E-state index in [9.17, 15) is 0 Å². The number of hydrogen-bond donors (Lipinski definition) is 6. The Bertz CT molecular complexity index is 6670. The molecule has 6 N–H and O–H groups in total. The Balaban J connectivity index is 0.000000111. The van der Waals surface area contributed by atoms with Gasteiger partial charge in [-0.1, -0.05) is 138 Å². The summed E-state index contributed by atoms with van der Waals surface area (Å²) in [7, 11) is 0. The second-order valence-corrected chi connectivity index (χ2v) is 33.7. The second-order valence-electron chi connectivity index (χ2n) is 32.1. The van der Waals surface area contributed by atoms with E-state index in [4.69, 9.17) is 0 Å². The van der Waals surface area contributed by atoms with Gasteiger partial charge in [0, 0.05) is 117 Å². The molecule has 12 aromatic heterocycles. The lowest BCUT2D eigenvalue weighted by Crippen LogP contribution is -2.21. The Morgan fingerprint density at radius 3 is 1.07 bits per heavy atom. The summed E-state index contributed by atoms with van der Waals surface area (Å²) in [6.07, 6.45) is 17.7. The fourth-order valence-electron chi connectivity index (χ4n) is 14.3. The van der Waals surface area contributed by atoms with Crippen molar-refractivity contribution in [3.8, 4) is 0 Å². The van der Waals surface area contributed by atoms with E-state index in [0.29, 0.717) is 46.6 Å². The summed E-state index contributed by atoms with van der Waals surface area (Å²) < 4.78 is 10.6. The molecule has 4 aliphatic carbocycles. The molecule has 4 aliphatic rings. The first-order valence-corrected chi connectivity index (χ1v) is 44.1. The van der Waals surface area contributed by atoms with Gasteiger partial charge in [-0.25, -0.2) is 29.9 Å². The average Bonchev–Trinajstić information content (AvgIpc) is 1.63. The Labute approximate surface area is 733 Å².